The number of allylic oxidation sites excluding steroid dienone is 2. The topological polar surface area (TPSA) is 52.9 Å². The lowest BCUT2D eigenvalue weighted by atomic mass is 9.77. The highest BCUT2D eigenvalue weighted by Crippen LogP contribution is 2.40. The quantitative estimate of drug-likeness (QED) is 0.886. The molecular weight excluding hydrogens is 317 g/mol. The van der Waals surface area contributed by atoms with Gasteiger partial charge in [0.05, 0.1) is 17.2 Å². The number of nitrogens with zero attached hydrogens (tertiary/aromatic N) is 1. The van der Waals surface area contributed by atoms with Crippen LogP contribution >= 0.6 is 0 Å². The zero-order chi connectivity index (χ0) is 18.1. The van der Waals surface area contributed by atoms with Crippen LogP contribution in [0.4, 0.5) is 13.2 Å². The first kappa shape index (κ1) is 17.8. The summed E-state index contributed by atoms with van der Waals surface area (Å²) in [5.41, 5.74) is -0.319. The minimum Gasteiger partial charge on any atom is -0.355 e. The number of likely N-dealkylation sites (N-methyl/N-ethyl adjacent to an activating group) is 1. The molecule has 0 unspecified atom stereocenters. The third-order valence-corrected chi connectivity index (χ3v) is 3.83. The van der Waals surface area contributed by atoms with Crippen molar-refractivity contribution in [1.82, 2.24) is 5.32 Å². The molecular formula is C18H17F3N2O. The number of alkyl halides is 3. The molecule has 1 N–H and O–H groups in total. The second-order valence-electron chi connectivity index (χ2n) is 6.38. The molecule has 0 radical (unpaired) electrons. The van der Waals surface area contributed by atoms with Gasteiger partial charge >= 0.3 is 6.18 Å². The molecule has 0 aromatic heterocycles. The lowest BCUT2D eigenvalue weighted by Crippen LogP contribution is -2.24. The van der Waals surface area contributed by atoms with Crippen molar-refractivity contribution in [2.75, 3.05) is 7.05 Å². The zero-order valence-corrected chi connectivity index (χ0v) is 13.6. The summed E-state index contributed by atoms with van der Waals surface area (Å²) >= 11 is 0. The van der Waals surface area contributed by atoms with Gasteiger partial charge in [-0.3, -0.25) is 4.79 Å². The zero-order valence-electron chi connectivity index (χ0n) is 13.6. The first-order valence-electron chi connectivity index (χ1n) is 7.34. The van der Waals surface area contributed by atoms with Crippen molar-refractivity contribution in [3.63, 3.8) is 0 Å². The second-order valence-corrected chi connectivity index (χ2v) is 6.38. The van der Waals surface area contributed by atoms with Crippen molar-refractivity contribution < 1.29 is 18.0 Å². The van der Waals surface area contributed by atoms with Gasteiger partial charge in [-0.25, -0.2) is 0 Å². The number of benzene rings is 1. The average molecular weight is 334 g/mol. The van der Waals surface area contributed by atoms with Crippen LogP contribution < -0.4 is 5.32 Å². The lowest BCUT2D eigenvalue weighted by Gasteiger charge is -2.28. The van der Waals surface area contributed by atoms with Gasteiger partial charge < -0.3 is 5.32 Å². The molecule has 3 nitrogen and oxygen atoms in total. The van der Waals surface area contributed by atoms with Gasteiger partial charge in [-0.1, -0.05) is 26.0 Å². The number of carbonyl (C=O) groups is 1. The van der Waals surface area contributed by atoms with E-state index in [1.165, 1.54) is 19.2 Å². The minimum atomic E-state index is -4.61. The highest BCUT2D eigenvalue weighted by Gasteiger charge is 2.34. The molecule has 0 saturated carbocycles. The summed E-state index contributed by atoms with van der Waals surface area (Å²) in [6, 6.07) is 5.21. The Morgan fingerprint density at radius 1 is 1.33 bits per heavy atom. The van der Waals surface area contributed by atoms with Crippen LogP contribution in [-0.2, 0) is 11.0 Å². The van der Waals surface area contributed by atoms with E-state index in [4.69, 9.17) is 5.26 Å². The summed E-state index contributed by atoms with van der Waals surface area (Å²) in [5.74, 6) is -0.287. The largest absolute Gasteiger partial charge is 0.417 e. The van der Waals surface area contributed by atoms with E-state index in [0.717, 1.165) is 6.07 Å². The van der Waals surface area contributed by atoms with E-state index in [9.17, 15) is 18.0 Å². The Labute approximate surface area is 138 Å². The smallest absolute Gasteiger partial charge is 0.355 e. The van der Waals surface area contributed by atoms with Gasteiger partial charge in [0.2, 0.25) is 0 Å². The number of halogens is 3. The van der Waals surface area contributed by atoms with Gasteiger partial charge in [-0.2, -0.15) is 18.4 Å². The molecule has 6 heteroatoms. The predicted octanol–water partition coefficient (Wildman–Crippen LogP) is 4.06. The maximum Gasteiger partial charge on any atom is 0.417 e. The van der Waals surface area contributed by atoms with Crippen molar-refractivity contribution in [3.05, 3.63) is 52.6 Å². The number of amides is 1. The highest BCUT2D eigenvalue weighted by molar-refractivity contribution is 5.99. The second kappa shape index (κ2) is 6.16. The van der Waals surface area contributed by atoms with Crippen molar-refractivity contribution >= 4 is 11.5 Å². The van der Waals surface area contributed by atoms with Gasteiger partial charge in [-0.05, 0) is 41.2 Å². The van der Waals surface area contributed by atoms with E-state index in [-0.39, 0.29) is 11.3 Å². The van der Waals surface area contributed by atoms with Crippen LogP contribution in [-0.4, -0.2) is 13.0 Å². The first-order chi connectivity index (χ1) is 11.1. The Kier molecular flexibility index (Phi) is 4.57. The molecule has 0 aliphatic heterocycles. The van der Waals surface area contributed by atoms with Crippen LogP contribution in [0.15, 0.2) is 35.9 Å². The third kappa shape index (κ3) is 3.67. The van der Waals surface area contributed by atoms with Crippen LogP contribution in [0.1, 0.15) is 37.0 Å². The summed E-state index contributed by atoms with van der Waals surface area (Å²) in [6.07, 6.45) is -0.697. The number of hydrogen-bond donors (Lipinski definition) is 1. The molecule has 0 saturated heterocycles. The van der Waals surface area contributed by atoms with Crippen molar-refractivity contribution in [2.24, 2.45) is 5.41 Å². The van der Waals surface area contributed by atoms with E-state index in [1.54, 1.807) is 12.1 Å². The van der Waals surface area contributed by atoms with E-state index >= 15 is 0 Å². The molecule has 0 bridgehead atoms. The maximum atomic E-state index is 13.1. The summed E-state index contributed by atoms with van der Waals surface area (Å²) in [6.45, 7) is 3.83. The molecule has 1 amide bonds. The van der Waals surface area contributed by atoms with Crippen LogP contribution in [0.5, 0.6) is 0 Å². The van der Waals surface area contributed by atoms with Crippen LogP contribution in [0.3, 0.4) is 0 Å². The van der Waals surface area contributed by atoms with Gasteiger partial charge in [0.1, 0.15) is 0 Å². The Morgan fingerprint density at radius 3 is 2.54 bits per heavy atom. The molecule has 2 rings (SSSR count). The van der Waals surface area contributed by atoms with Gasteiger partial charge in [0, 0.05) is 12.6 Å². The van der Waals surface area contributed by atoms with Crippen LogP contribution in [0, 0.1) is 16.7 Å². The molecule has 0 atom stereocenters. The summed E-state index contributed by atoms with van der Waals surface area (Å²) < 4.78 is 39.4. The maximum absolute atomic E-state index is 13.1. The molecule has 0 fully saturated rings. The SMILES string of the molecule is CNC(=O)C1=CC(C)(C)CC(c2ccc(C#N)c(C(F)(F)F)c2)=C1. The van der Waals surface area contributed by atoms with Crippen molar-refractivity contribution in [3.8, 4) is 6.07 Å². The van der Waals surface area contributed by atoms with E-state index in [0.29, 0.717) is 23.1 Å². The normalized spacial score (nSPS) is 16.7. The third-order valence-electron chi connectivity index (χ3n) is 3.83. The molecule has 1 aliphatic carbocycles. The fraction of sp³-hybridized carbons (Fsp3) is 0.333. The van der Waals surface area contributed by atoms with Crippen LogP contribution in [0.2, 0.25) is 0 Å². The molecule has 24 heavy (non-hydrogen) atoms. The fourth-order valence-electron chi connectivity index (χ4n) is 2.78. The Hall–Kier alpha value is -2.55. The Balaban J connectivity index is 2.56. The molecule has 1 aromatic carbocycles. The lowest BCUT2D eigenvalue weighted by molar-refractivity contribution is -0.137. The van der Waals surface area contributed by atoms with Crippen LogP contribution in [0.25, 0.3) is 5.57 Å². The van der Waals surface area contributed by atoms with Gasteiger partial charge in [0.25, 0.3) is 5.91 Å². The number of hydrogen-bond acceptors (Lipinski definition) is 2. The summed E-state index contributed by atoms with van der Waals surface area (Å²) in [7, 11) is 1.50. The van der Waals surface area contributed by atoms with Gasteiger partial charge in [-0.15, -0.1) is 0 Å². The number of nitrogens with one attached hydrogen (secondary N) is 1. The van der Waals surface area contributed by atoms with Gasteiger partial charge in [0.15, 0.2) is 0 Å². The molecule has 0 heterocycles. The standard InChI is InChI=1S/C18H17F3N2O/c1-17(2)8-13(6-14(9-17)16(24)23-3)11-4-5-12(10-22)15(7-11)18(19,20)21/h4-7,9H,8H2,1-3H3,(H,23,24). The number of carbonyl (C=O) groups excluding carboxylic acids is 1. The van der Waals surface area contributed by atoms with Crippen molar-refractivity contribution in [1.29, 1.82) is 5.26 Å². The predicted molar refractivity (Wildman–Crippen MR) is 84.7 cm³/mol. The highest BCUT2D eigenvalue weighted by atomic mass is 19.4. The summed E-state index contributed by atoms with van der Waals surface area (Å²) in [4.78, 5) is 11.9. The first-order valence-corrected chi connectivity index (χ1v) is 7.34. The number of nitriles is 1. The fourth-order valence-corrected chi connectivity index (χ4v) is 2.78. The average Bonchev–Trinajstić information content (AvgIpc) is 2.51. The number of rotatable bonds is 2. The van der Waals surface area contributed by atoms with E-state index in [1.807, 2.05) is 19.9 Å². The molecule has 1 aliphatic rings. The Morgan fingerprint density at radius 2 is 2.00 bits per heavy atom. The Bertz CT molecular complexity index is 780. The molecule has 0 spiro atoms. The minimum absolute atomic E-state index is 0.287. The van der Waals surface area contributed by atoms with E-state index < -0.39 is 17.3 Å². The van der Waals surface area contributed by atoms with Crippen molar-refractivity contribution in [2.45, 2.75) is 26.4 Å². The summed E-state index contributed by atoms with van der Waals surface area (Å²) in [5, 5.41) is 11.4. The monoisotopic (exact) mass is 334 g/mol. The van der Waals surface area contributed by atoms with E-state index in [2.05, 4.69) is 5.32 Å². The molecule has 1 aromatic rings. The molecule has 126 valence electrons.